The van der Waals surface area contributed by atoms with E-state index in [2.05, 4.69) is 17.4 Å². The Labute approximate surface area is 102 Å². The number of benzene rings is 1. The van der Waals surface area contributed by atoms with Gasteiger partial charge in [-0.25, -0.2) is 0 Å². The summed E-state index contributed by atoms with van der Waals surface area (Å²) in [5.41, 5.74) is 7.97. The summed E-state index contributed by atoms with van der Waals surface area (Å²) in [6, 6.07) is 7.73. The van der Waals surface area contributed by atoms with Crippen molar-refractivity contribution >= 4 is 5.84 Å². The highest BCUT2D eigenvalue weighted by Crippen LogP contribution is 2.44. The summed E-state index contributed by atoms with van der Waals surface area (Å²) >= 11 is 0. The molecule has 4 N–H and O–H groups in total. The molecular weight excluding hydrogens is 214 g/mol. The molecule has 1 aromatic carbocycles. The molecule has 0 atom stereocenters. The number of nitrogens with one attached hydrogen (secondary N) is 1. The molecule has 2 rings (SSSR count). The third kappa shape index (κ3) is 3.20. The molecule has 0 heterocycles. The fraction of sp³-hybridized carbons (Fsp3) is 0.462. The topological polar surface area (TPSA) is 70.6 Å². The maximum Gasteiger partial charge on any atom is 0.170 e. The van der Waals surface area contributed by atoms with Crippen LogP contribution in [-0.2, 0) is 6.54 Å². The highest BCUT2D eigenvalue weighted by Gasteiger charge is 2.36. The summed E-state index contributed by atoms with van der Waals surface area (Å²) in [5, 5.41) is 15.1. The molecule has 0 amide bonds. The average molecular weight is 233 g/mol. The van der Waals surface area contributed by atoms with E-state index in [1.807, 2.05) is 24.3 Å². The van der Waals surface area contributed by atoms with Crippen LogP contribution >= 0.6 is 0 Å². The molecule has 1 aliphatic carbocycles. The molecule has 0 radical (unpaired) electrons. The Hall–Kier alpha value is -1.55. The number of amidine groups is 1. The van der Waals surface area contributed by atoms with Crippen molar-refractivity contribution in [1.82, 2.24) is 5.32 Å². The van der Waals surface area contributed by atoms with Crippen LogP contribution in [0.5, 0.6) is 0 Å². The van der Waals surface area contributed by atoms with Crippen LogP contribution in [0.1, 0.15) is 30.9 Å². The van der Waals surface area contributed by atoms with Crippen LogP contribution in [0.15, 0.2) is 29.4 Å². The van der Waals surface area contributed by atoms with Gasteiger partial charge in [0.25, 0.3) is 0 Å². The number of nitrogens with zero attached hydrogens (tertiary/aromatic N) is 1. The van der Waals surface area contributed by atoms with Gasteiger partial charge in [-0.2, -0.15) is 0 Å². The van der Waals surface area contributed by atoms with Crippen LogP contribution in [0.4, 0.5) is 0 Å². The molecule has 0 spiro atoms. The number of hydrogen-bond acceptors (Lipinski definition) is 3. The zero-order valence-electron chi connectivity index (χ0n) is 10.1. The van der Waals surface area contributed by atoms with Gasteiger partial charge in [0.15, 0.2) is 5.84 Å². The second-order valence-electron chi connectivity index (χ2n) is 5.10. The minimum absolute atomic E-state index is 0.154. The van der Waals surface area contributed by atoms with Crippen molar-refractivity contribution in [3.8, 4) is 0 Å². The molecule has 0 aliphatic heterocycles. The average Bonchev–Trinajstić information content (AvgIpc) is 3.07. The summed E-state index contributed by atoms with van der Waals surface area (Å²) < 4.78 is 0. The highest BCUT2D eigenvalue weighted by molar-refractivity contribution is 5.97. The normalized spacial score (nSPS) is 18.1. The Morgan fingerprint density at radius 1 is 1.53 bits per heavy atom. The van der Waals surface area contributed by atoms with Gasteiger partial charge in [0, 0.05) is 18.7 Å². The summed E-state index contributed by atoms with van der Waals surface area (Å²) in [4.78, 5) is 0. The molecule has 1 fully saturated rings. The van der Waals surface area contributed by atoms with Gasteiger partial charge in [-0.15, -0.1) is 0 Å². The first-order chi connectivity index (χ1) is 8.13. The zero-order chi connectivity index (χ0) is 12.3. The van der Waals surface area contributed by atoms with Gasteiger partial charge >= 0.3 is 0 Å². The van der Waals surface area contributed by atoms with E-state index in [-0.39, 0.29) is 5.84 Å². The van der Waals surface area contributed by atoms with Crippen molar-refractivity contribution in [2.45, 2.75) is 26.3 Å². The van der Waals surface area contributed by atoms with Crippen LogP contribution in [0.3, 0.4) is 0 Å². The van der Waals surface area contributed by atoms with Crippen LogP contribution < -0.4 is 11.1 Å². The first kappa shape index (κ1) is 11.9. The van der Waals surface area contributed by atoms with E-state index in [0.29, 0.717) is 5.41 Å². The molecule has 92 valence electrons. The molecule has 1 aromatic rings. The number of nitrogens with two attached hydrogens (primary N) is 1. The van der Waals surface area contributed by atoms with E-state index in [1.165, 1.54) is 12.8 Å². The first-order valence-electron chi connectivity index (χ1n) is 5.90. The van der Waals surface area contributed by atoms with E-state index in [1.54, 1.807) is 0 Å². The van der Waals surface area contributed by atoms with Crippen molar-refractivity contribution in [1.29, 1.82) is 0 Å². The summed E-state index contributed by atoms with van der Waals surface area (Å²) in [7, 11) is 0. The van der Waals surface area contributed by atoms with Gasteiger partial charge in [0.05, 0.1) is 0 Å². The number of oxime groups is 1. The van der Waals surface area contributed by atoms with Crippen LogP contribution in [0, 0.1) is 5.41 Å². The molecular formula is C13H19N3O. The zero-order valence-corrected chi connectivity index (χ0v) is 10.1. The molecule has 4 nitrogen and oxygen atoms in total. The Kier molecular flexibility index (Phi) is 3.33. The standard InChI is InChI=1S/C13H19N3O/c1-13(5-6-13)9-15-8-10-3-2-4-11(7-10)12(14)16-17/h2-4,7,15,17H,5-6,8-9H2,1H3,(H2,14,16). The molecule has 4 heteroatoms. The largest absolute Gasteiger partial charge is 0.409 e. The number of hydrogen-bond donors (Lipinski definition) is 3. The highest BCUT2D eigenvalue weighted by atomic mass is 16.4. The van der Waals surface area contributed by atoms with Crippen LogP contribution in [-0.4, -0.2) is 17.6 Å². The van der Waals surface area contributed by atoms with E-state index >= 15 is 0 Å². The molecule has 17 heavy (non-hydrogen) atoms. The van der Waals surface area contributed by atoms with Gasteiger partial charge in [0.2, 0.25) is 0 Å². The van der Waals surface area contributed by atoms with E-state index in [0.717, 1.165) is 24.2 Å². The Bertz CT molecular complexity index is 424. The van der Waals surface area contributed by atoms with Crippen molar-refractivity contribution < 1.29 is 5.21 Å². The Morgan fingerprint density at radius 3 is 2.94 bits per heavy atom. The lowest BCUT2D eigenvalue weighted by Crippen LogP contribution is -2.22. The SMILES string of the molecule is CC1(CNCc2cccc(/C(N)=N/O)c2)CC1. The second-order valence-corrected chi connectivity index (χ2v) is 5.10. The lowest BCUT2D eigenvalue weighted by atomic mass is 10.1. The summed E-state index contributed by atoms with van der Waals surface area (Å²) in [6.07, 6.45) is 2.65. The van der Waals surface area contributed by atoms with E-state index in [9.17, 15) is 0 Å². The van der Waals surface area contributed by atoms with Crippen molar-refractivity contribution in [2.24, 2.45) is 16.3 Å². The first-order valence-corrected chi connectivity index (χ1v) is 5.90. The summed E-state index contributed by atoms with van der Waals surface area (Å²) in [5.74, 6) is 0.154. The van der Waals surface area contributed by atoms with Crippen molar-refractivity contribution in [3.63, 3.8) is 0 Å². The predicted octanol–water partition coefficient (Wildman–Crippen LogP) is 1.67. The minimum Gasteiger partial charge on any atom is -0.409 e. The molecule has 0 aromatic heterocycles. The third-order valence-electron chi connectivity index (χ3n) is 3.31. The number of rotatable bonds is 5. The van der Waals surface area contributed by atoms with E-state index < -0.39 is 0 Å². The van der Waals surface area contributed by atoms with E-state index in [4.69, 9.17) is 10.9 Å². The molecule has 0 bridgehead atoms. The van der Waals surface area contributed by atoms with Gasteiger partial charge in [0.1, 0.15) is 0 Å². The van der Waals surface area contributed by atoms with Gasteiger partial charge in [-0.3, -0.25) is 0 Å². The lowest BCUT2D eigenvalue weighted by Gasteiger charge is -2.10. The minimum atomic E-state index is 0.154. The fourth-order valence-corrected chi connectivity index (χ4v) is 1.80. The van der Waals surface area contributed by atoms with Crippen LogP contribution in [0.2, 0.25) is 0 Å². The van der Waals surface area contributed by atoms with Crippen molar-refractivity contribution in [3.05, 3.63) is 35.4 Å². The third-order valence-corrected chi connectivity index (χ3v) is 3.31. The molecule has 1 aliphatic rings. The molecule has 1 saturated carbocycles. The predicted molar refractivity (Wildman–Crippen MR) is 68.0 cm³/mol. The fourth-order valence-electron chi connectivity index (χ4n) is 1.80. The molecule has 0 unspecified atom stereocenters. The smallest absolute Gasteiger partial charge is 0.170 e. The maximum absolute atomic E-state index is 8.62. The molecule has 0 saturated heterocycles. The quantitative estimate of drug-likeness (QED) is 0.313. The van der Waals surface area contributed by atoms with Crippen molar-refractivity contribution in [2.75, 3.05) is 6.54 Å². The van der Waals surface area contributed by atoms with Gasteiger partial charge in [-0.1, -0.05) is 30.3 Å². The second kappa shape index (κ2) is 4.75. The van der Waals surface area contributed by atoms with Crippen LogP contribution in [0.25, 0.3) is 0 Å². The summed E-state index contributed by atoms with van der Waals surface area (Å²) in [6.45, 7) is 4.18. The monoisotopic (exact) mass is 233 g/mol. The lowest BCUT2D eigenvalue weighted by molar-refractivity contribution is 0.318. The van der Waals surface area contributed by atoms with Gasteiger partial charge < -0.3 is 16.3 Å². The Balaban J connectivity index is 1.92. The Morgan fingerprint density at radius 2 is 2.29 bits per heavy atom. The van der Waals surface area contributed by atoms with Gasteiger partial charge in [-0.05, 0) is 29.9 Å². The maximum atomic E-state index is 8.62.